The van der Waals surface area contributed by atoms with Crippen molar-refractivity contribution in [1.29, 1.82) is 0 Å². The zero-order chi connectivity index (χ0) is 12.0. The van der Waals surface area contributed by atoms with Gasteiger partial charge in [0.05, 0.1) is 19.3 Å². The molecule has 1 fully saturated rings. The Bertz CT molecular complexity index is 225. The van der Waals surface area contributed by atoms with Crippen LogP contribution in [-0.4, -0.2) is 70.0 Å². The Morgan fingerprint density at radius 3 is 3.12 bits per heavy atom. The number of morpholine rings is 1. The van der Waals surface area contributed by atoms with E-state index in [0.717, 1.165) is 13.1 Å². The predicted octanol–water partition coefficient (Wildman–Crippen LogP) is -1.59. The molecule has 0 aliphatic carbocycles. The molecule has 1 saturated heterocycles. The highest BCUT2D eigenvalue weighted by Crippen LogP contribution is 2.01. The Morgan fingerprint density at radius 1 is 1.75 bits per heavy atom. The maximum Gasteiger partial charge on any atom is 0.239 e. The average Bonchev–Trinajstić information content (AvgIpc) is 2.26. The predicted molar refractivity (Wildman–Crippen MR) is 60.1 cm³/mol. The summed E-state index contributed by atoms with van der Waals surface area (Å²) in [5.74, 6) is -0.196. The van der Waals surface area contributed by atoms with Crippen molar-refractivity contribution >= 4 is 5.91 Å². The van der Waals surface area contributed by atoms with E-state index < -0.39 is 6.04 Å². The summed E-state index contributed by atoms with van der Waals surface area (Å²) in [4.78, 5) is 13.6. The Hall–Kier alpha value is -0.690. The van der Waals surface area contributed by atoms with Crippen LogP contribution in [0.25, 0.3) is 0 Å². The van der Waals surface area contributed by atoms with Crippen molar-refractivity contribution in [2.45, 2.75) is 12.1 Å². The van der Waals surface area contributed by atoms with Gasteiger partial charge in [0.1, 0.15) is 6.04 Å². The highest BCUT2D eigenvalue weighted by molar-refractivity contribution is 5.81. The fourth-order valence-electron chi connectivity index (χ4n) is 1.59. The number of nitrogens with one attached hydrogen (secondary N) is 1. The number of hydrogen-bond donors (Lipinski definition) is 2. The van der Waals surface area contributed by atoms with Gasteiger partial charge < -0.3 is 25.4 Å². The summed E-state index contributed by atoms with van der Waals surface area (Å²) >= 11 is 0. The lowest BCUT2D eigenvalue weighted by molar-refractivity contribution is -0.124. The number of hydrogen-bond acceptors (Lipinski definition) is 5. The summed E-state index contributed by atoms with van der Waals surface area (Å²) in [6, 6.07) is -0.605. The van der Waals surface area contributed by atoms with Gasteiger partial charge in [0.2, 0.25) is 5.91 Å². The van der Waals surface area contributed by atoms with Gasteiger partial charge in [-0.3, -0.25) is 4.79 Å². The summed E-state index contributed by atoms with van der Waals surface area (Å²) in [5, 5.41) is 2.76. The first-order valence-electron chi connectivity index (χ1n) is 5.46. The highest BCUT2D eigenvalue weighted by atomic mass is 16.5. The topological polar surface area (TPSA) is 76.8 Å². The molecule has 16 heavy (non-hydrogen) atoms. The smallest absolute Gasteiger partial charge is 0.239 e. The SMILES string of the molecule is COCC(N)C(=O)NCC1CN(C)CCO1. The molecule has 0 saturated carbocycles. The van der Waals surface area contributed by atoms with E-state index in [0.29, 0.717) is 13.2 Å². The van der Waals surface area contributed by atoms with Crippen LogP contribution in [0.5, 0.6) is 0 Å². The largest absolute Gasteiger partial charge is 0.383 e. The van der Waals surface area contributed by atoms with E-state index in [9.17, 15) is 4.79 Å². The molecule has 1 heterocycles. The first-order chi connectivity index (χ1) is 7.63. The van der Waals surface area contributed by atoms with Crippen molar-refractivity contribution in [3.8, 4) is 0 Å². The minimum Gasteiger partial charge on any atom is -0.383 e. The van der Waals surface area contributed by atoms with Crippen LogP contribution in [-0.2, 0) is 14.3 Å². The summed E-state index contributed by atoms with van der Waals surface area (Å²) in [5.41, 5.74) is 5.58. The van der Waals surface area contributed by atoms with Gasteiger partial charge in [-0.25, -0.2) is 0 Å². The molecule has 1 aliphatic rings. The second-order valence-electron chi connectivity index (χ2n) is 4.06. The van der Waals surface area contributed by atoms with Crippen LogP contribution in [0.4, 0.5) is 0 Å². The molecule has 0 spiro atoms. The quantitative estimate of drug-likeness (QED) is 0.596. The summed E-state index contributed by atoms with van der Waals surface area (Å²) in [6.07, 6.45) is 0.0532. The van der Waals surface area contributed by atoms with Gasteiger partial charge in [0, 0.05) is 26.7 Å². The first-order valence-corrected chi connectivity index (χ1v) is 5.46. The van der Waals surface area contributed by atoms with Crippen LogP contribution in [0, 0.1) is 0 Å². The molecule has 0 radical (unpaired) electrons. The van der Waals surface area contributed by atoms with Crippen LogP contribution in [0.1, 0.15) is 0 Å². The molecule has 0 bridgehead atoms. The average molecular weight is 231 g/mol. The molecule has 0 aromatic carbocycles. The number of nitrogens with zero attached hydrogens (tertiary/aromatic N) is 1. The molecular weight excluding hydrogens is 210 g/mol. The normalized spacial score (nSPS) is 24.1. The maximum absolute atomic E-state index is 11.5. The van der Waals surface area contributed by atoms with E-state index in [1.807, 2.05) is 7.05 Å². The molecule has 3 N–H and O–H groups in total. The Kier molecular flexibility index (Phi) is 5.68. The van der Waals surface area contributed by atoms with Crippen molar-refractivity contribution in [2.75, 3.05) is 47.0 Å². The lowest BCUT2D eigenvalue weighted by Gasteiger charge is -2.30. The summed E-state index contributed by atoms with van der Waals surface area (Å²) in [6.45, 7) is 3.21. The minimum absolute atomic E-state index is 0.0532. The summed E-state index contributed by atoms with van der Waals surface area (Å²) < 4.78 is 10.3. The van der Waals surface area contributed by atoms with Crippen LogP contribution in [0.2, 0.25) is 0 Å². The number of amides is 1. The Labute approximate surface area is 96.1 Å². The van der Waals surface area contributed by atoms with Gasteiger partial charge in [-0.15, -0.1) is 0 Å². The van der Waals surface area contributed by atoms with Crippen LogP contribution in [0.3, 0.4) is 0 Å². The molecule has 1 amide bonds. The van der Waals surface area contributed by atoms with Gasteiger partial charge in [-0.1, -0.05) is 0 Å². The first kappa shape index (κ1) is 13.4. The standard InChI is InChI=1S/C10H21N3O3/c1-13-3-4-16-8(6-13)5-12-10(14)9(11)7-15-2/h8-9H,3-7,11H2,1-2H3,(H,12,14). The molecule has 0 aromatic heterocycles. The minimum atomic E-state index is -0.605. The number of likely N-dealkylation sites (N-methyl/N-ethyl adjacent to an activating group) is 1. The van der Waals surface area contributed by atoms with Crippen molar-refractivity contribution in [2.24, 2.45) is 5.73 Å². The van der Waals surface area contributed by atoms with Gasteiger partial charge >= 0.3 is 0 Å². The molecule has 0 aromatic rings. The third kappa shape index (κ3) is 4.44. The second kappa shape index (κ2) is 6.80. The second-order valence-corrected chi connectivity index (χ2v) is 4.06. The van der Waals surface area contributed by atoms with E-state index in [1.54, 1.807) is 0 Å². The van der Waals surface area contributed by atoms with Gasteiger partial charge in [-0.05, 0) is 7.05 Å². The molecule has 6 heteroatoms. The van der Waals surface area contributed by atoms with E-state index in [4.69, 9.17) is 15.2 Å². The van der Waals surface area contributed by atoms with E-state index in [1.165, 1.54) is 7.11 Å². The number of carbonyl (C=O) groups excluding carboxylic acids is 1. The van der Waals surface area contributed by atoms with Crippen molar-refractivity contribution in [1.82, 2.24) is 10.2 Å². The fourth-order valence-corrected chi connectivity index (χ4v) is 1.59. The van der Waals surface area contributed by atoms with Gasteiger partial charge in [0.25, 0.3) is 0 Å². The number of ether oxygens (including phenoxy) is 2. The molecule has 2 atom stereocenters. The van der Waals surface area contributed by atoms with E-state index in [-0.39, 0.29) is 18.6 Å². The highest BCUT2D eigenvalue weighted by Gasteiger charge is 2.19. The number of carbonyl (C=O) groups is 1. The third-order valence-corrected chi connectivity index (χ3v) is 2.53. The monoisotopic (exact) mass is 231 g/mol. The third-order valence-electron chi connectivity index (χ3n) is 2.53. The molecule has 1 rings (SSSR count). The number of methoxy groups -OCH3 is 1. The van der Waals surface area contributed by atoms with Crippen LogP contribution < -0.4 is 11.1 Å². The maximum atomic E-state index is 11.5. The lowest BCUT2D eigenvalue weighted by atomic mass is 10.2. The zero-order valence-corrected chi connectivity index (χ0v) is 9.94. The molecule has 94 valence electrons. The molecule has 2 unspecified atom stereocenters. The van der Waals surface area contributed by atoms with E-state index in [2.05, 4.69) is 10.2 Å². The summed E-state index contributed by atoms with van der Waals surface area (Å²) in [7, 11) is 3.56. The Morgan fingerprint density at radius 2 is 2.50 bits per heavy atom. The zero-order valence-electron chi connectivity index (χ0n) is 9.94. The van der Waals surface area contributed by atoms with Crippen molar-refractivity contribution < 1.29 is 14.3 Å². The number of rotatable bonds is 5. The molecule has 6 nitrogen and oxygen atoms in total. The van der Waals surface area contributed by atoms with Crippen LogP contribution in [0.15, 0.2) is 0 Å². The van der Waals surface area contributed by atoms with Crippen molar-refractivity contribution in [3.63, 3.8) is 0 Å². The van der Waals surface area contributed by atoms with E-state index >= 15 is 0 Å². The Balaban J connectivity index is 2.20. The number of nitrogens with two attached hydrogens (primary N) is 1. The van der Waals surface area contributed by atoms with Gasteiger partial charge in [-0.2, -0.15) is 0 Å². The van der Waals surface area contributed by atoms with Gasteiger partial charge in [0.15, 0.2) is 0 Å². The van der Waals surface area contributed by atoms with Crippen molar-refractivity contribution in [3.05, 3.63) is 0 Å². The van der Waals surface area contributed by atoms with Crippen LogP contribution >= 0.6 is 0 Å². The fraction of sp³-hybridized carbons (Fsp3) is 0.900. The molecule has 1 aliphatic heterocycles. The molecular formula is C10H21N3O3. The lowest BCUT2D eigenvalue weighted by Crippen LogP contribution is -2.50.